The summed E-state index contributed by atoms with van der Waals surface area (Å²) in [6.07, 6.45) is -6.99. The Morgan fingerprint density at radius 1 is 0.890 bits per heavy atom. The number of nitrogens with one attached hydrogen (secondary N) is 4. The molecule has 6 rings (SSSR count). The lowest BCUT2D eigenvalue weighted by Crippen LogP contribution is -2.61. The molecule has 454 valence electrons. The topological polar surface area (TPSA) is 247 Å². The van der Waals surface area contributed by atoms with E-state index in [2.05, 4.69) is 21.3 Å². The molecular formula is C62H91ClN6O13. The van der Waals surface area contributed by atoms with Gasteiger partial charge < -0.3 is 70.1 Å². The molecule has 0 unspecified atom stereocenters. The monoisotopic (exact) mass is 1160 g/mol. The van der Waals surface area contributed by atoms with Gasteiger partial charge in [0.2, 0.25) is 29.5 Å². The SMILES string of the molecule is CO[C@]1(C)C[C@H](O[C@H]2[C@H](C)[C@@H](O[C@@H]3O[C@H](C)C[C@H](N(C)C)[C@H]3O)[C@](C)(O)C[C@@H](C)CN(C)C(=O)[C@H](C(C)C)NC(=O)C[C@H](Cc3ccc(NC(=O)[C@H](Cc4ccccc4Cl)NC(=O)Cc4ccccc4)cc3)NC(=O)[C@@H]2C)O[C@@H](C)[C@@H]1O. The van der Waals surface area contributed by atoms with Crippen LogP contribution in [-0.2, 0) is 66.9 Å². The summed E-state index contributed by atoms with van der Waals surface area (Å²) in [7, 11) is 6.88. The second kappa shape index (κ2) is 29.2. The number of benzene rings is 3. The zero-order chi connectivity index (χ0) is 60.4. The Hall–Kier alpha value is -5.06. The lowest BCUT2D eigenvalue weighted by Gasteiger charge is -2.49. The van der Waals surface area contributed by atoms with Crippen LogP contribution in [0.15, 0.2) is 78.9 Å². The van der Waals surface area contributed by atoms with Crippen LogP contribution in [-0.4, -0.2) is 174 Å². The van der Waals surface area contributed by atoms with Crippen molar-refractivity contribution < 1.29 is 63.0 Å². The maximum atomic E-state index is 15.2. The Balaban J connectivity index is 1.34. The van der Waals surface area contributed by atoms with Crippen molar-refractivity contribution in [3.63, 3.8) is 0 Å². The highest BCUT2D eigenvalue weighted by molar-refractivity contribution is 6.31. The fourth-order valence-electron chi connectivity index (χ4n) is 11.9. The molecule has 3 aliphatic heterocycles. The standard InChI is InChI=1S/C62H91ClN6O13/c1-35(2)52-59(76)69(12)34-36(3)32-61(8,77)56(82-60-53(72)48(68(10)11)27-37(4)79-60)38(5)54(81-51-33-62(9,78-13)55(73)40(7)80-51)39(6)57(74)65-45(31-50(71)67-52)28-42-23-25-44(26-24-42)64-58(75)47(30-43-21-17-18-22-46(43)63)66-49(70)29-41-19-15-14-16-20-41/h14-26,35-40,45,47-48,51-56,60,72-73,77H,27-34H2,1-13H3,(H,64,75)(H,65,74)(H,66,70)(H,67,71)/t36-,37-,38+,39-,40+,45+,47+,48+,51+,52+,53-,54+,55+,56-,60+,61-,62-/m1/s1. The number of nitrogens with zero attached hydrogens (tertiary/aromatic N) is 2. The molecule has 3 saturated heterocycles. The molecule has 7 N–H and O–H groups in total. The summed E-state index contributed by atoms with van der Waals surface area (Å²) in [5, 5.41) is 48.4. The molecule has 0 radical (unpaired) electrons. The first-order chi connectivity index (χ1) is 38.6. The molecule has 0 bridgehead atoms. The Morgan fingerprint density at radius 3 is 2.18 bits per heavy atom. The van der Waals surface area contributed by atoms with E-state index in [9.17, 15) is 34.5 Å². The van der Waals surface area contributed by atoms with E-state index in [4.69, 9.17) is 35.3 Å². The molecule has 17 atom stereocenters. The van der Waals surface area contributed by atoms with Gasteiger partial charge in [-0.15, -0.1) is 0 Å². The lowest BCUT2D eigenvalue weighted by molar-refractivity contribution is -0.317. The van der Waals surface area contributed by atoms with Crippen molar-refractivity contribution in [2.45, 2.75) is 192 Å². The first-order valence-electron chi connectivity index (χ1n) is 28.8. The first-order valence-corrected chi connectivity index (χ1v) is 29.2. The molecule has 20 heteroatoms. The minimum atomic E-state index is -1.71. The summed E-state index contributed by atoms with van der Waals surface area (Å²) in [6.45, 7) is 16.3. The van der Waals surface area contributed by atoms with E-state index in [0.29, 0.717) is 28.3 Å². The van der Waals surface area contributed by atoms with Crippen LogP contribution in [0.25, 0.3) is 0 Å². The summed E-state index contributed by atoms with van der Waals surface area (Å²) in [5.74, 6) is -4.71. The summed E-state index contributed by atoms with van der Waals surface area (Å²) in [5.41, 5.74) is -0.241. The van der Waals surface area contributed by atoms with Gasteiger partial charge in [0, 0.05) is 68.7 Å². The molecule has 3 aromatic rings. The van der Waals surface area contributed by atoms with Crippen molar-refractivity contribution in [2.24, 2.45) is 23.7 Å². The van der Waals surface area contributed by atoms with Crippen LogP contribution in [0.5, 0.6) is 0 Å². The molecule has 3 aliphatic rings. The fourth-order valence-corrected chi connectivity index (χ4v) is 12.2. The molecule has 5 amide bonds. The van der Waals surface area contributed by atoms with E-state index in [1.54, 1.807) is 89.0 Å². The van der Waals surface area contributed by atoms with Gasteiger partial charge in [0.1, 0.15) is 24.3 Å². The zero-order valence-electron chi connectivity index (χ0n) is 50.1. The van der Waals surface area contributed by atoms with E-state index in [1.165, 1.54) is 7.11 Å². The Bertz CT molecular complexity index is 2590. The summed E-state index contributed by atoms with van der Waals surface area (Å²) >= 11 is 6.53. The number of methoxy groups -OCH3 is 1. The van der Waals surface area contributed by atoms with Crippen molar-refractivity contribution in [3.05, 3.63) is 101 Å². The number of aliphatic hydroxyl groups excluding tert-OH is 2. The van der Waals surface area contributed by atoms with Crippen LogP contribution < -0.4 is 21.3 Å². The number of carbonyl (C=O) groups excluding carboxylic acids is 5. The van der Waals surface area contributed by atoms with Gasteiger partial charge >= 0.3 is 0 Å². The predicted octanol–water partition coefficient (Wildman–Crippen LogP) is 5.43. The fraction of sp³-hybridized carbons (Fsp3) is 0.629. The van der Waals surface area contributed by atoms with E-state index in [1.807, 2.05) is 83.1 Å². The molecule has 82 heavy (non-hydrogen) atoms. The molecule has 3 heterocycles. The van der Waals surface area contributed by atoms with Gasteiger partial charge in [0.05, 0.1) is 48.0 Å². The van der Waals surface area contributed by atoms with Crippen LogP contribution in [0.3, 0.4) is 0 Å². The molecule has 0 aromatic heterocycles. The number of amides is 5. The molecule has 3 fully saturated rings. The number of anilines is 1. The molecule has 0 aliphatic carbocycles. The molecule has 19 nitrogen and oxygen atoms in total. The lowest BCUT2D eigenvalue weighted by atomic mass is 9.77. The van der Waals surface area contributed by atoms with Crippen LogP contribution in [0.4, 0.5) is 5.69 Å². The van der Waals surface area contributed by atoms with Crippen LogP contribution in [0, 0.1) is 23.7 Å². The molecular weight excluding hydrogens is 1070 g/mol. The van der Waals surface area contributed by atoms with Crippen LogP contribution >= 0.6 is 11.6 Å². The maximum absolute atomic E-state index is 15.2. The number of aliphatic hydroxyl groups is 3. The number of likely N-dealkylation sites (N-methyl/N-ethyl adjacent to an activating group) is 2. The average Bonchev–Trinajstić information content (AvgIpc) is 3.63. The average molecular weight is 1160 g/mol. The number of ether oxygens (including phenoxy) is 5. The highest BCUT2D eigenvalue weighted by Gasteiger charge is 2.51. The van der Waals surface area contributed by atoms with Crippen LogP contribution in [0.1, 0.15) is 105 Å². The third-order valence-electron chi connectivity index (χ3n) is 16.6. The normalized spacial score (nSPS) is 33.3. The van der Waals surface area contributed by atoms with Crippen molar-refractivity contribution >= 4 is 46.8 Å². The third-order valence-corrected chi connectivity index (χ3v) is 16.9. The van der Waals surface area contributed by atoms with Crippen LogP contribution in [0.2, 0.25) is 5.02 Å². The van der Waals surface area contributed by atoms with Gasteiger partial charge in [0.15, 0.2) is 12.6 Å². The smallest absolute Gasteiger partial charge is 0.247 e. The molecule has 0 spiro atoms. The van der Waals surface area contributed by atoms with E-state index < -0.39 is 102 Å². The third kappa shape index (κ3) is 17.5. The maximum Gasteiger partial charge on any atom is 0.247 e. The van der Waals surface area contributed by atoms with Gasteiger partial charge in [-0.1, -0.05) is 107 Å². The first kappa shape index (κ1) is 66.1. The second-order valence-electron chi connectivity index (χ2n) is 24.4. The second-order valence-corrected chi connectivity index (χ2v) is 24.8. The van der Waals surface area contributed by atoms with E-state index in [-0.39, 0.29) is 80.9 Å². The van der Waals surface area contributed by atoms with Crippen molar-refractivity contribution in [1.82, 2.24) is 25.8 Å². The van der Waals surface area contributed by atoms with Gasteiger partial charge in [-0.2, -0.15) is 0 Å². The van der Waals surface area contributed by atoms with E-state index >= 15 is 4.79 Å². The van der Waals surface area contributed by atoms with E-state index in [0.717, 1.165) is 5.56 Å². The van der Waals surface area contributed by atoms with Gasteiger partial charge in [-0.3, -0.25) is 24.0 Å². The molecule has 3 aromatic carbocycles. The summed E-state index contributed by atoms with van der Waals surface area (Å²) < 4.78 is 32.3. The van der Waals surface area contributed by atoms with Gasteiger partial charge in [0.25, 0.3) is 0 Å². The highest BCUT2D eigenvalue weighted by atomic mass is 35.5. The minimum Gasteiger partial charge on any atom is -0.387 e. The summed E-state index contributed by atoms with van der Waals surface area (Å²) in [4.78, 5) is 74.6. The number of rotatable bonds is 16. The number of carbonyl (C=O) groups is 5. The van der Waals surface area contributed by atoms with Crippen molar-refractivity contribution in [1.29, 1.82) is 0 Å². The highest BCUT2D eigenvalue weighted by Crippen LogP contribution is 2.39. The summed E-state index contributed by atoms with van der Waals surface area (Å²) in [6, 6.07) is 20.1. The Morgan fingerprint density at radius 2 is 1.55 bits per heavy atom. The minimum absolute atomic E-state index is 0.0653. The molecule has 0 saturated carbocycles. The largest absolute Gasteiger partial charge is 0.387 e. The quantitative estimate of drug-likeness (QED) is 0.0947. The number of halogens is 1. The van der Waals surface area contributed by atoms with Gasteiger partial charge in [-0.25, -0.2) is 0 Å². The van der Waals surface area contributed by atoms with Crippen molar-refractivity contribution in [3.8, 4) is 0 Å². The number of hydrogen-bond acceptors (Lipinski definition) is 14. The Labute approximate surface area is 489 Å². The predicted molar refractivity (Wildman–Crippen MR) is 312 cm³/mol. The van der Waals surface area contributed by atoms with Crippen molar-refractivity contribution in [2.75, 3.05) is 40.1 Å². The number of hydrogen-bond donors (Lipinski definition) is 7. The van der Waals surface area contributed by atoms with Gasteiger partial charge in [-0.05, 0) is 108 Å². The zero-order valence-corrected chi connectivity index (χ0v) is 50.9. The Kier molecular flexibility index (Phi) is 23.5.